The van der Waals surface area contributed by atoms with Gasteiger partial charge in [-0.3, -0.25) is 28.8 Å². The highest BCUT2D eigenvalue weighted by molar-refractivity contribution is 6.00. The molecule has 6 amide bonds. The Labute approximate surface area is 414 Å². The fraction of sp³-hybridized carbons (Fsp3) is 0.431. The van der Waals surface area contributed by atoms with E-state index >= 15 is 0 Å². The average molecular weight is 975 g/mol. The third-order valence-corrected chi connectivity index (χ3v) is 11.9. The number of rotatable bonds is 17. The maximum absolute atomic E-state index is 14.7. The van der Waals surface area contributed by atoms with Gasteiger partial charge in [0.25, 0.3) is 5.91 Å². The summed E-state index contributed by atoms with van der Waals surface area (Å²) in [6, 6.07) is 13.5. The van der Waals surface area contributed by atoms with Crippen LogP contribution in [0, 0.1) is 25.2 Å². The molecule has 0 fully saturated rings. The first-order valence-corrected chi connectivity index (χ1v) is 23.4. The number of hydrogen-bond donors (Lipinski definition) is 8. The summed E-state index contributed by atoms with van der Waals surface area (Å²) in [5, 5.41) is 22.5. The van der Waals surface area contributed by atoms with Crippen molar-refractivity contribution in [3.05, 3.63) is 94.3 Å². The number of amides is 6. The van der Waals surface area contributed by atoms with Gasteiger partial charge in [0.2, 0.25) is 29.5 Å². The van der Waals surface area contributed by atoms with Crippen molar-refractivity contribution >= 4 is 35.4 Å². The second-order valence-electron chi connectivity index (χ2n) is 18.3. The van der Waals surface area contributed by atoms with E-state index in [0.717, 1.165) is 16.0 Å². The maximum atomic E-state index is 14.7. The Morgan fingerprint density at radius 3 is 2.04 bits per heavy atom. The van der Waals surface area contributed by atoms with Crippen LogP contribution in [0.25, 0.3) is 22.5 Å². The summed E-state index contributed by atoms with van der Waals surface area (Å²) in [4.78, 5) is 94.4. The van der Waals surface area contributed by atoms with Crippen molar-refractivity contribution in [1.29, 1.82) is 5.26 Å². The van der Waals surface area contributed by atoms with E-state index < -0.39 is 65.7 Å². The normalized spacial score (nSPS) is 16.7. The number of aryl methyl sites for hydroxylation is 2. The fourth-order valence-electron chi connectivity index (χ4n) is 8.05. The van der Waals surface area contributed by atoms with E-state index in [0.29, 0.717) is 45.4 Å². The van der Waals surface area contributed by atoms with Crippen LogP contribution in [0.5, 0.6) is 11.5 Å². The minimum Gasteiger partial charge on any atom is -0.492 e. The van der Waals surface area contributed by atoms with E-state index in [1.165, 1.54) is 20.9 Å². The van der Waals surface area contributed by atoms with Gasteiger partial charge in [-0.2, -0.15) is 5.26 Å². The number of hydrogen-bond acceptors (Lipinski definition) is 14. The molecule has 0 saturated carbocycles. The van der Waals surface area contributed by atoms with Gasteiger partial charge in [0.1, 0.15) is 61.5 Å². The molecule has 1 aliphatic rings. The lowest BCUT2D eigenvalue weighted by Crippen LogP contribution is -2.57. The molecular formula is C51H66N12O8. The van der Waals surface area contributed by atoms with Crippen LogP contribution < -0.4 is 53.3 Å². The summed E-state index contributed by atoms with van der Waals surface area (Å²) in [6.07, 6.45) is -0.0782. The van der Waals surface area contributed by atoms with Gasteiger partial charge in [-0.15, -0.1) is 0 Å². The minimum atomic E-state index is -1.45. The lowest BCUT2D eigenvalue weighted by Gasteiger charge is -2.33. The summed E-state index contributed by atoms with van der Waals surface area (Å²) in [7, 11) is 1.37. The van der Waals surface area contributed by atoms with Crippen molar-refractivity contribution in [2.75, 3.05) is 46.4 Å². The van der Waals surface area contributed by atoms with Crippen molar-refractivity contribution in [3.8, 4) is 40.1 Å². The maximum Gasteiger partial charge on any atom is 0.255 e. The number of carbonyl (C=O) groups excluding carboxylic acids is 6. The second-order valence-corrected chi connectivity index (χ2v) is 18.3. The number of likely N-dealkylation sites (N-methyl/N-ethyl adjacent to an activating group) is 1. The summed E-state index contributed by atoms with van der Waals surface area (Å²) >= 11 is 0. The van der Waals surface area contributed by atoms with Crippen molar-refractivity contribution in [3.63, 3.8) is 0 Å². The molecule has 0 aliphatic carbocycles. The smallest absolute Gasteiger partial charge is 0.255 e. The third-order valence-electron chi connectivity index (χ3n) is 11.9. The van der Waals surface area contributed by atoms with E-state index in [2.05, 4.69) is 57.3 Å². The summed E-state index contributed by atoms with van der Waals surface area (Å²) in [5.41, 5.74) is 22.3. The van der Waals surface area contributed by atoms with Gasteiger partial charge in [-0.25, -0.2) is 9.97 Å². The fourth-order valence-corrected chi connectivity index (χ4v) is 8.05. The lowest BCUT2D eigenvalue weighted by atomic mass is 9.86. The molecule has 1 aromatic heterocycles. The first-order valence-electron chi connectivity index (χ1n) is 23.4. The number of benzene rings is 3. The number of nitrogens with zero attached hydrogens (tertiary/aromatic N) is 4. The third kappa shape index (κ3) is 13.7. The Morgan fingerprint density at radius 1 is 0.859 bits per heavy atom. The highest BCUT2D eigenvalue weighted by Gasteiger charge is 2.37. The summed E-state index contributed by atoms with van der Waals surface area (Å²) in [6.45, 7) is 12.8. The molecular weight excluding hydrogens is 909 g/mol. The molecule has 20 nitrogen and oxygen atoms in total. The largest absolute Gasteiger partial charge is 0.492 e. The second kappa shape index (κ2) is 24.4. The number of fused-ring (bicyclic) bond motifs is 5. The van der Waals surface area contributed by atoms with E-state index in [9.17, 15) is 34.0 Å². The highest BCUT2D eigenvalue weighted by atomic mass is 16.5. The van der Waals surface area contributed by atoms with Crippen LogP contribution in [0.15, 0.2) is 60.7 Å². The Morgan fingerprint density at radius 2 is 1.46 bits per heavy atom. The van der Waals surface area contributed by atoms with Gasteiger partial charge in [0, 0.05) is 43.2 Å². The van der Waals surface area contributed by atoms with Gasteiger partial charge >= 0.3 is 0 Å². The number of aromatic nitrogens is 2. The Hall–Kier alpha value is -7.47. The first kappa shape index (κ1) is 54.5. The predicted molar refractivity (Wildman–Crippen MR) is 267 cm³/mol. The summed E-state index contributed by atoms with van der Waals surface area (Å²) in [5.74, 6) is -3.02. The number of nitriles is 1. The molecule has 5 rings (SSSR count). The first-order chi connectivity index (χ1) is 33.7. The quantitative estimate of drug-likeness (QED) is 0.0700. The van der Waals surface area contributed by atoms with Crippen LogP contribution >= 0.6 is 0 Å². The van der Waals surface area contributed by atoms with E-state index in [1.54, 1.807) is 50.2 Å². The van der Waals surface area contributed by atoms with E-state index in [-0.39, 0.29) is 68.8 Å². The Balaban J connectivity index is 1.48. The van der Waals surface area contributed by atoms with Crippen molar-refractivity contribution < 1.29 is 38.2 Å². The molecule has 20 heteroatoms. The van der Waals surface area contributed by atoms with Crippen LogP contribution in [0.4, 0.5) is 0 Å². The molecule has 3 aromatic carbocycles. The van der Waals surface area contributed by atoms with Crippen molar-refractivity contribution in [2.24, 2.45) is 17.2 Å². The molecule has 4 bridgehead atoms. The van der Waals surface area contributed by atoms with Gasteiger partial charge in [0.05, 0.1) is 23.0 Å². The van der Waals surface area contributed by atoms with Crippen LogP contribution in [0.2, 0.25) is 0 Å². The van der Waals surface area contributed by atoms with Crippen molar-refractivity contribution in [2.45, 2.75) is 96.9 Å². The molecule has 378 valence electrons. The molecule has 11 N–H and O–H groups in total. The zero-order chi connectivity index (χ0) is 52.2. The number of carbonyl (C=O) groups is 6. The molecule has 4 aromatic rings. The number of ether oxygens (including phenoxy) is 2. The molecule has 5 atom stereocenters. The van der Waals surface area contributed by atoms with Gasteiger partial charge in [0.15, 0.2) is 5.82 Å². The molecule has 1 aliphatic heterocycles. The van der Waals surface area contributed by atoms with E-state index in [1.807, 2.05) is 30.3 Å². The minimum absolute atomic E-state index is 0.0166. The molecule has 0 saturated heterocycles. The summed E-state index contributed by atoms with van der Waals surface area (Å²) < 4.78 is 12.2. The van der Waals surface area contributed by atoms with Crippen molar-refractivity contribution in [1.82, 2.24) is 41.5 Å². The van der Waals surface area contributed by atoms with Gasteiger partial charge in [-0.05, 0) is 87.0 Å². The SMILES string of the molecule is Cc1nc(-c2ccc(C(C)(C)C)cc2)nc(C)c1C(=O)NC(C)C(=O)NC(CCN)C(=O)N(C)C1C(=O)NC(C)C(=O)NC(C(=O)NCC#N)Cc2ccc(OCCN)c(c2)-c2cc1ccc2OCCN. The average Bonchev–Trinajstić information content (AvgIpc) is 3.33. The predicted octanol–water partition coefficient (Wildman–Crippen LogP) is 1.74. The monoisotopic (exact) mass is 975 g/mol. The topological polar surface area (TPSA) is 312 Å². The molecule has 0 radical (unpaired) electrons. The van der Waals surface area contributed by atoms with E-state index in [4.69, 9.17) is 26.7 Å². The Kier molecular flexibility index (Phi) is 18.7. The zero-order valence-corrected chi connectivity index (χ0v) is 41.6. The molecule has 2 heterocycles. The van der Waals surface area contributed by atoms with Crippen LogP contribution in [-0.2, 0) is 35.8 Å². The number of nitrogens with two attached hydrogens (primary N) is 3. The van der Waals surface area contributed by atoms with Gasteiger partial charge in [-0.1, -0.05) is 57.2 Å². The molecule has 5 unspecified atom stereocenters. The zero-order valence-electron chi connectivity index (χ0n) is 41.6. The molecule has 71 heavy (non-hydrogen) atoms. The Bertz CT molecular complexity index is 2620. The van der Waals surface area contributed by atoms with Crippen LogP contribution in [0.1, 0.15) is 85.5 Å². The standard InChI is InChI=1S/C51H66N12O8/c1-28-42(29(2)58-44(57-28)33-10-13-35(14-11-33)51(5,6)7)48(67)59-30(3)45(64)61-38(17-18-52)50(69)63(8)43-34-12-16-41(71-24-21-55)37(27-34)36-25-32(9-15-40(36)70-23-20-54)26-39(47(66)56-22-19-53)62-46(65)31(4)60-49(43)68/h9-16,25,27,30-31,38-39,43H,17-18,20-24,26,52,54-55H2,1-8H3,(H,56,66)(H,59,67)(H,60,68)(H,61,64)(H,62,65). The van der Waals surface area contributed by atoms with Gasteiger partial charge < -0.3 is 58.2 Å². The number of nitrogens with one attached hydrogen (secondary N) is 5. The van der Waals surface area contributed by atoms with Crippen LogP contribution in [0.3, 0.4) is 0 Å². The lowest BCUT2D eigenvalue weighted by molar-refractivity contribution is -0.143. The highest BCUT2D eigenvalue weighted by Crippen LogP contribution is 2.40. The van der Waals surface area contributed by atoms with Crippen LogP contribution in [-0.4, -0.2) is 121 Å². The molecule has 0 spiro atoms.